The molecule has 1 aliphatic rings. The second-order valence-corrected chi connectivity index (χ2v) is 16.6. The SMILES string of the molecule is C=C/C=C\c1c(Cc2ccccc2)n(-c2ccc(-c3ccc(-n4c5c(-c6ccccc6)cccc5c5ccnc(-c6ccccc6)c54)cc3)cc2)c2c(C3=CC=CCC3C)nccc12. The summed E-state index contributed by atoms with van der Waals surface area (Å²) in [6.07, 6.45) is 18.5. The minimum atomic E-state index is 0.357. The first-order chi connectivity index (χ1) is 31.7. The molecule has 0 aliphatic heterocycles. The van der Waals surface area contributed by atoms with Crippen LogP contribution in [0.1, 0.15) is 35.9 Å². The second-order valence-electron chi connectivity index (χ2n) is 16.6. The van der Waals surface area contributed by atoms with E-state index in [9.17, 15) is 0 Å². The van der Waals surface area contributed by atoms with Crippen molar-refractivity contribution >= 4 is 44.4 Å². The fourth-order valence-electron chi connectivity index (χ4n) is 9.71. The Morgan fingerprint density at radius 2 is 1.16 bits per heavy atom. The van der Waals surface area contributed by atoms with Gasteiger partial charge in [0, 0.05) is 68.7 Å². The summed E-state index contributed by atoms with van der Waals surface area (Å²) in [5.74, 6) is 0.357. The van der Waals surface area contributed by atoms with E-state index in [1.165, 1.54) is 55.2 Å². The third kappa shape index (κ3) is 6.81. The van der Waals surface area contributed by atoms with Gasteiger partial charge in [-0.15, -0.1) is 0 Å². The van der Waals surface area contributed by atoms with E-state index in [-0.39, 0.29) is 0 Å². The van der Waals surface area contributed by atoms with Gasteiger partial charge in [0.25, 0.3) is 0 Å². The molecule has 4 aromatic heterocycles. The smallest absolute Gasteiger partial charge is 0.0948 e. The van der Waals surface area contributed by atoms with Crippen LogP contribution in [0.3, 0.4) is 0 Å². The Morgan fingerprint density at radius 1 is 0.562 bits per heavy atom. The van der Waals surface area contributed by atoms with Crippen molar-refractivity contribution in [2.24, 2.45) is 5.92 Å². The summed E-state index contributed by atoms with van der Waals surface area (Å²) in [6.45, 7) is 6.33. The molecule has 4 nitrogen and oxygen atoms in total. The normalized spacial score (nSPS) is 13.9. The Kier molecular flexibility index (Phi) is 10.1. The Balaban J connectivity index is 1.06. The van der Waals surface area contributed by atoms with Crippen molar-refractivity contribution in [3.63, 3.8) is 0 Å². The minimum Gasteiger partial charge on any atom is -0.311 e. The van der Waals surface area contributed by atoms with Crippen LogP contribution in [-0.4, -0.2) is 19.1 Å². The monoisotopic (exact) mass is 822 g/mol. The van der Waals surface area contributed by atoms with Gasteiger partial charge in [-0.05, 0) is 76.6 Å². The molecule has 6 aromatic carbocycles. The van der Waals surface area contributed by atoms with Crippen molar-refractivity contribution in [1.82, 2.24) is 19.1 Å². The van der Waals surface area contributed by atoms with E-state index in [2.05, 4.69) is 217 Å². The first-order valence-electron chi connectivity index (χ1n) is 22.1. The van der Waals surface area contributed by atoms with E-state index in [4.69, 9.17) is 9.97 Å². The number of rotatable bonds is 10. The lowest BCUT2D eigenvalue weighted by Gasteiger charge is -2.19. The van der Waals surface area contributed by atoms with Crippen molar-refractivity contribution in [1.29, 1.82) is 0 Å². The molecule has 11 rings (SSSR count). The summed E-state index contributed by atoms with van der Waals surface area (Å²) in [6, 6.07) is 61.0. The van der Waals surface area contributed by atoms with Gasteiger partial charge in [-0.3, -0.25) is 9.97 Å². The maximum atomic E-state index is 5.11. The average Bonchev–Trinajstić information content (AvgIpc) is 3.87. The maximum Gasteiger partial charge on any atom is 0.0948 e. The molecule has 0 spiro atoms. The van der Waals surface area contributed by atoms with Crippen molar-refractivity contribution in [3.05, 3.63) is 242 Å². The highest BCUT2D eigenvalue weighted by Gasteiger charge is 2.25. The molecule has 0 bridgehead atoms. The number of para-hydroxylation sites is 1. The largest absolute Gasteiger partial charge is 0.311 e. The zero-order valence-corrected chi connectivity index (χ0v) is 35.8. The minimum absolute atomic E-state index is 0.357. The molecule has 64 heavy (non-hydrogen) atoms. The number of allylic oxidation sites excluding steroid dienone is 6. The zero-order valence-electron chi connectivity index (χ0n) is 35.8. The number of aromatic nitrogens is 4. The Morgan fingerprint density at radius 3 is 1.83 bits per heavy atom. The molecule has 0 amide bonds. The summed E-state index contributed by atoms with van der Waals surface area (Å²) < 4.78 is 4.88. The summed E-state index contributed by atoms with van der Waals surface area (Å²) in [4.78, 5) is 10.1. The highest BCUT2D eigenvalue weighted by atomic mass is 15.0. The number of fused-ring (bicyclic) bond motifs is 4. The molecule has 0 saturated heterocycles. The number of pyridine rings is 2. The average molecular weight is 823 g/mol. The van der Waals surface area contributed by atoms with Crippen LogP contribution in [0.2, 0.25) is 0 Å². The van der Waals surface area contributed by atoms with Gasteiger partial charge in [0.1, 0.15) is 0 Å². The van der Waals surface area contributed by atoms with Gasteiger partial charge >= 0.3 is 0 Å². The number of hydrogen-bond donors (Lipinski definition) is 0. The fraction of sp³-hybridized carbons (Fsp3) is 0.0667. The molecular formula is C60H46N4. The van der Waals surface area contributed by atoms with Crippen LogP contribution >= 0.6 is 0 Å². The maximum absolute atomic E-state index is 5.11. The molecule has 1 atom stereocenters. The highest BCUT2D eigenvalue weighted by molar-refractivity contribution is 6.16. The van der Waals surface area contributed by atoms with Gasteiger partial charge in [0.05, 0.1) is 27.9 Å². The van der Waals surface area contributed by atoms with E-state index < -0.39 is 0 Å². The van der Waals surface area contributed by atoms with Gasteiger partial charge in [-0.25, -0.2) is 0 Å². The predicted molar refractivity (Wildman–Crippen MR) is 269 cm³/mol. The molecule has 10 aromatic rings. The lowest BCUT2D eigenvalue weighted by molar-refractivity contribution is 0.755. The number of benzene rings is 6. The summed E-state index contributed by atoms with van der Waals surface area (Å²) in [5, 5.41) is 3.56. The third-order valence-corrected chi connectivity index (χ3v) is 12.8. The molecule has 0 fully saturated rings. The molecule has 0 saturated carbocycles. The topological polar surface area (TPSA) is 35.6 Å². The molecule has 1 unspecified atom stereocenters. The molecule has 306 valence electrons. The van der Waals surface area contributed by atoms with Gasteiger partial charge in [0.15, 0.2) is 0 Å². The predicted octanol–water partition coefficient (Wildman–Crippen LogP) is 15.3. The lowest BCUT2D eigenvalue weighted by atomic mass is 9.90. The molecule has 1 aliphatic carbocycles. The summed E-state index contributed by atoms with van der Waals surface area (Å²) in [7, 11) is 0. The molecule has 0 radical (unpaired) electrons. The Bertz CT molecular complexity index is 3330. The first-order valence-corrected chi connectivity index (χ1v) is 22.1. The standard InChI is InChI=1S/C60H46N4/c1-3-4-24-51-53-36-39-62-57(49-25-15-14-17-41(49)2)60(53)63(55(51)40-42-18-8-5-9-19-42)47-32-28-43(29-33-47)44-30-34-48(35-31-44)64-58-50(45-20-10-6-11-21-45)26-16-27-52(58)54-37-38-61-56(59(54)64)46-22-12-7-13-23-46/h3-16,18-39,41H,1,17,40H2,2H3/b24-4-. The van der Waals surface area contributed by atoms with E-state index in [1.54, 1.807) is 0 Å². The van der Waals surface area contributed by atoms with Crippen LogP contribution in [0.15, 0.2) is 219 Å². The van der Waals surface area contributed by atoms with Crippen LogP contribution in [0, 0.1) is 5.92 Å². The van der Waals surface area contributed by atoms with E-state index in [0.29, 0.717) is 5.92 Å². The van der Waals surface area contributed by atoms with E-state index >= 15 is 0 Å². The van der Waals surface area contributed by atoms with E-state index in [1.807, 2.05) is 24.5 Å². The van der Waals surface area contributed by atoms with Crippen LogP contribution in [0.4, 0.5) is 0 Å². The Hall–Kier alpha value is -8.08. The molecule has 4 heterocycles. The lowest BCUT2D eigenvalue weighted by Crippen LogP contribution is -2.07. The molecular weight excluding hydrogens is 777 g/mol. The van der Waals surface area contributed by atoms with Gasteiger partial charge < -0.3 is 9.13 Å². The zero-order chi connectivity index (χ0) is 43.0. The van der Waals surface area contributed by atoms with Crippen LogP contribution in [-0.2, 0) is 6.42 Å². The van der Waals surface area contributed by atoms with E-state index in [0.717, 1.165) is 63.3 Å². The van der Waals surface area contributed by atoms with Crippen molar-refractivity contribution in [3.8, 4) is 44.9 Å². The van der Waals surface area contributed by atoms with Gasteiger partial charge in [-0.1, -0.05) is 183 Å². The van der Waals surface area contributed by atoms with Gasteiger partial charge in [-0.2, -0.15) is 0 Å². The third-order valence-electron chi connectivity index (χ3n) is 12.8. The fourth-order valence-corrected chi connectivity index (χ4v) is 9.71. The molecule has 0 N–H and O–H groups in total. The van der Waals surface area contributed by atoms with Crippen LogP contribution in [0.25, 0.3) is 89.2 Å². The van der Waals surface area contributed by atoms with Crippen molar-refractivity contribution < 1.29 is 0 Å². The number of hydrogen-bond acceptors (Lipinski definition) is 2. The first kappa shape index (κ1) is 38.8. The van der Waals surface area contributed by atoms with Gasteiger partial charge in [0.2, 0.25) is 0 Å². The second kappa shape index (κ2) is 16.7. The summed E-state index contributed by atoms with van der Waals surface area (Å²) in [5.41, 5.74) is 18.2. The quantitative estimate of drug-likeness (QED) is 0.129. The van der Waals surface area contributed by atoms with Crippen LogP contribution in [0.5, 0.6) is 0 Å². The van der Waals surface area contributed by atoms with Crippen molar-refractivity contribution in [2.45, 2.75) is 19.8 Å². The van der Waals surface area contributed by atoms with Crippen molar-refractivity contribution in [2.75, 3.05) is 0 Å². The Labute approximate surface area is 374 Å². The highest BCUT2D eigenvalue weighted by Crippen LogP contribution is 2.42. The summed E-state index contributed by atoms with van der Waals surface area (Å²) >= 11 is 0. The molecule has 4 heteroatoms. The van der Waals surface area contributed by atoms with Crippen LogP contribution < -0.4 is 0 Å². The number of nitrogens with zero attached hydrogens (tertiary/aromatic N) is 4.